The molecule has 1 amide bonds. The number of nitrogens with zero attached hydrogens (tertiary/aromatic N) is 4. The van der Waals surface area contributed by atoms with Crippen LogP contribution in [0.2, 0.25) is 0 Å². The van der Waals surface area contributed by atoms with Gasteiger partial charge in [0.2, 0.25) is 0 Å². The summed E-state index contributed by atoms with van der Waals surface area (Å²) in [6.45, 7) is 1.51. The van der Waals surface area contributed by atoms with E-state index in [-0.39, 0.29) is 5.91 Å². The number of anilines is 2. The summed E-state index contributed by atoms with van der Waals surface area (Å²) >= 11 is 0. The van der Waals surface area contributed by atoms with E-state index in [2.05, 4.69) is 25.7 Å². The van der Waals surface area contributed by atoms with Gasteiger partial charge in [-0.2, -0.15) is 5.10 Å². The molecule has 3 aromatic rings. The molecule has 0 bridgehead atoms. The quantitative estimate of drug-likeness (QED) is 0.741. The summed E-state index contributed by atoms with van der Waals surface area (Å²) in [4.78, 5) is 20.6. The molecule has 0 unspecified atom stereocenters. The smallest absolute Gasteiger partial charge is 0.256 e. The zero-order valence-corrected chi connectivity index (χ0v) is 14.4. The third-order valence-electron chi connectivity index (χ3n) is 4.40. The second-order valence-corrected chi connectivity index (χ2v) is 6.30. The Balaban J connectivity index is 1.42. The second-order valence-electron chi connectivity index (χ2n) is 6.30. The molecule has 0 radical (unpaired) electrons. The lowest BCUT2D eigenvalue weighted by atomic mass is 10.1. The fourth-order valence-electron chi connectivity index (χ4n) is 3.08. The van der Waals surface area contributed by atoms with Crippen LogP contribution in [0.3, 0.4) is 0 Å². The lowest BCUT2D eigenvalue weighted by molar-refractivity contribution is 0.102. The van der Waals surface area contributed by atoms with E-state index < -0.39 is 0 Å². The van der Waals surface area contributed by atoms with Crippen molar-refractivity contribution in [3.05, 3.63) is 65.7 Å². The van der Waals surface area contributed by atoms with Gasteiger partial charge in [-0.1, -0.05) is 12.1 Å². The fourth-order valence-corrected chi connectivity index (χ4v) is 3.08. The van der Waals surface area contributed by atoms with Crippen LogP contribution in [0, 0.1) is 0 Å². The van der Waals surface area contributed by atoms with Crippen molar-refractivity contribution in [2.45, 2.75) is 32.4 Å². The number of carbonyl (C=O) groups is 1. The Bertz CT molecular complexity index is 882. The molecule has 1 aliphatic rings. The van der Waals surface area contributed by atoms with Crippen LogP contribution in [0.25, 0.3) is 0 Å². The third-order valence-corrected chi connectivity index (χ3v) is 4.40. The first kappa shape index (κ1) is 16.3. The molecule has 1 aromatic carbocycles. The molecule has 132 valence electrons. The van der Waals surface area contributed by atoms with Crippen LogP contribution < -0.4 is 10.6 Å². The van der Waals surface area contributed by atoms with Gasteiger partial charge in [0.05, 0.1) is 0 Å². The van der Waals surface area contributed by atoms with Gasteiger partial charge in [0.15, 0.2) is 5.82 Å². The fraction of sp³-hybridized carbons (Fsp3) is 0.263. The highest BCUT2D eigenvalue weighted by atomic mass is 16.1. The molecular weight excluding hydrogens is 328 g/mol. The van der Waals surface area contributed by atoms with Crippen molar-refractivity contribution in [2.75, 3.05) is 10.6 Å². The maximum absolute atomic E-state index is 12.6. The molecule has 0 aliphatic carbocycles. The Labute approximate surface area is 151 Å². The number of aromatic nitrogens is 4. The van der Waals surface area contributed by atoms with Gasteiger partial charge in [-0.15, -0.1) is 0 Å². The first-order valence-electron chi connectivity index (χ1n) is 8.75. The molecular formula is C19H20N6O. The number of fused-ring (bicyclic) bond motifs is 1. The molecule has 4 rings (SSSR count). The average molecular weight is 348 g/mol. The number of carbonyl (C=O) groups excluding carboxylic acids is 1. The largest absolute Gasteiger partial charge is 0.366 e. The topological polar surface area (TPSA) is 84.7 Å². The minimum absolute atomic E-state index is 0.149. The molecule has 26 heavy (non-hydrogen) atoms. The molecule has 0 saturated heterocycles. The Morgan fingerprint density at radius 2 is 2.12 bits per heavy atom. The predicted molar refractivity (Wildman–Crippen MR) is 98.9 cm³/mol. The highest BCUT2D eigenvalue weighted by Gasteiger charge is 2.14. The number of hydrogen-bond acceptors (Lipinski definition) is 5. The summed E-state index contributed by atoms with van der Waals surface area (Å²) in [5, 5.41) is 10.6. The minimum atomic E-state index is -0.149. The highest BCUT2D eigenvalue weighted by molar-refractivity contribution is 6.03. The van der Waals surface area contributed by atoms with Gasteiger partial charge in [0.1, 0.15) is 12.1 Å². The monoisotopic (exact) mass is 348 g/mol. The van der Waals surface area contributed by atoms with E-state index in [0.717, 1.165) is 30.8 Å². The third kappa shape index (κ3) is 3.72. The van der Waals surface area contributed by atoms with E-state index in [4.69, 9.17) is 0 Å². The number of benzene rings is 1. The molecule has 2 N–H and O–H groups in total. The Morgan fingerprint density at radius 1 is 1.15 bits per heavy atom. The van der Waals surface area contributed by atoms with E-state index in [9.17, 15) is 4.79 Å². The summed E-state index contributed by atoms with van der Waals surface area (Å²) in [5.41, 5.74) is 2.80. The zero-order valence-electron chi connectivity index (χ0n) is 14.4. The van der Waals surface area contributed by atoms with Gasteiger partial charge in [0.25, 0.3) is 5.91 Å². The van der Waals surface area contributed by atoms with Crippen molar-refractivity contribution in [3.63, 3.8) is 0 Å². The van der Waals surface area contributed by atoms with Gasteiger partial charge in [-0.25, -0.2) is 9.97 Å². The normalized spacial score (nSPS) is 13.1. The van der Waals surface area contributed by atoms with Gasteiger partial charge >= 0.3 is 0 Å². The van der Waals surface area contributed by atoms with Crippen LogP contribution in [0.5, 0.6) is 0 Å². The maximum atomic E-state index is 12.6. The standard InChI is InChI=1S/C19H20N6O/c26-19(23-18-11-16-6-1-2-9-25(16)24-18)15-5-3-4-14(10-15)12-21-17-7-8-20-13-22-17/h3-5,7-8,10-11,13H,1-2,6,9,12H2,(H,20,21,22)(H,23,24,26). The Hall–Kier alpha value is -3.22. The van der Waals surface area contributed by atoms with E-state index in [0.29, 0.717) is 17.9 Å². The van der Waals surface area contributed by atoms with Crippen molar-refractivity contribution < 1.29 is 4.79 Å². The first-order chi connectivity index (χ1) is 12.8. The van der Waals surface area contributed by atoms with Gasteiger partial charge in [-0.3, -0.25) is 9.48 Å². The van der Waals surface area contributed by atoms with Crippen molar-refractivity contribution >= 4 is 17.5 Å². The number of rotatable bonds is 5. The van der Waals surface area contributed by atoms with Crippen molar-refractivity contribution in [2.24, 2.45) is 0 Å². The Morgan fingerprint density at radius 3 is 2.96 bits per heavy atom. The molecule has 0 saturated carbocycles. The zero-order chi connectivity index (χ0) is 17.8. The van der Waals surface area contributed by atoms with Crippen LogP contribution in [-0.2, 0) is 19.5 Å². The van der Waals surface area contributed by atoms with Crippen LogP contribution in [-0.4, -0.2) is 25.7 Å². The molecule has 0 fully saturated rings. The van der Waals surface area contributed by atoms with Crippen LogP contribution >= 0.6 is 0 Å². The molecule has 1 aliphatic heterocycles. The van der Waals surface area contributed by atoms with Crippen molar-refractivity contribution in [3.8, 4) is 0 Å². The van der Waals surface area contributed by atoms with E-state index >= 15 is 0 Å². The van der Waals surface area contributed by atoms with Gasteiger partial charge < -0.3 is 10.6 Å². The number of amides is 1. The van der Waals surface area contributed by atoms with Crippen molar-refractivity contribution in [1.29, 1.82) is 0 Å². The first-order valence-corrected chi connectivity index (χ1v) is 8.75. The van der Waals surface area contributed by atoms with E-state index in [1.54, 1.807) is 18.3 Å². The van der Waals surface area contributed by atoms with Crippen LogP contribution in [0.15, 0.2) is 48.9 Å². The van der Waals surface area contributed by atoms with E-state index in [1.807, 2.05) is 28.9 Å². The Kier molecular flexibility index (Phi) is 4.59. The second kappa shape index (κ2) is 7.35. The minimum Gasteiger partial charge on any atom is -0.366 e. The summed E-state index contributed by atoms with van der Waals surface area (Å²) in [6.07, 6.45) is 6.53. The van der Waals surface area contributed by atoms with Gasteiger partial charge in [0, 0.05) is 36.6 Å². The SMILES string of the molecule is O=C(Nc1cc2n(n1)CCCC2)c1cccc(CNc2ccncn2)c1. The van der Waals surface area contributed by atoms with Crippen molar-refractivity contribution in [1.82, 2.24) is 19.7 Å². The summed E-state index contributed by atoms with van der Waals surface area (Å²) in [7, 11) is 0. The summed E-state index contributed by atoms with van der Waals surface area (Å²) in [5.74, 6) is 1.22. The highest BCUT2D eigenvalue weighted by Crippen LogP contribution is 2.18. The van der Waals surface area contributed by atoms with Crippen LogP contribution in [0.1, 0.15) is 34.5 Å². The number of nitrogens with one attached hydrogen (secondary N) is 2. The van der Waals surface area contributed by atoms with E-state index in [1.165, 1.54) is 18.4 Å². The molecule has 7 heteroatoms. The number of hydrogen-bond donors (Lipinski definition) is 2. The lowest BCUT2D eigenvalue weighted by Crippen LogP contribution is -2.14. The molecule has 0 spiro atoms. The summed E-state index contributed by atoms with van der Waals surface area (Å²) < 4.78 is 1.99. The lowest BCUT2D eigenvalue weighted by Gasteiger charge is -2.11. The van der Waals surface area contributed by atoms with Gasteiger partial charge in [-0.05, 0) is 43.0 Å². The molecule has 0 atom stereocenters. The molecule has 3 heterocycles. The van der Waals surface area contributed by atoms with Crippen LogP contribution in [0.4, 0.5) is 11.6 Å². The summed E-state index contributed by atoms with van der Waals surface area (Å²) in [6, 6.07) is 11.3. The molecule has 7 nitrogen and oxygen atoms in total. The molecule has 2 aromatic heterocycles. The number of aryl methyl sites for hydroxylation is 2. The predicted octanol–water partition coefficient (Wildman–Crippen LogP) is 2.87. The maximum Gasteiger partial charge on any atom is 0.256 e. The average Bonchev–Trinajstić information content (AvgIpc) is 3.09.